The molecule has 0 spiro atoms. The predicted molar refractivity (Wildman–Crippen MR) is 92.2 cm³/mol. The highest BCUT2D eigenvalue weighted by Gasteiger charge is 2.58. The minimum absolute atomic E-state index is 0.176. The van der Waals surface area contributed by atoms with Crippen molar-refractivity contribution in [3.63, 3.8) is 0 Å². The Bertz CT molecular complexity index is 899. The molecule has 0 N–H and O–H groups in total. The van der Waals surface area contributed by atoms with E-state index in [-0.39, 0.29) is 11.1 Å². The van der Waals surface area contributed by atoms with E-state index in [0.717, 1.165) is 25.3 Å². The van der Waals surface area contributed by atoms with Crippen LogP contribution >= 0.6 is 0 Å². The van der Waals surface area contributed by atoms with Crippen LogP contribution in [0.25, 0.3) is 0 Å². The number of nitriles is 1. The first-order valence-corrected chi connectivity index (χ1v) is 8.31. The van der Waals surface area contributed by atoms with Crippen LogP contribution in [-0.4, -0.2) is 47.9 Å². The van der Waals surface area contributed by atoms with Gasteiger partial charge < -0.3 is 9.47 Å². The molecule has 2 rings (SSSR count). The first kappa shape index (κ1) is 21.0. The summed E-state index contributed by atoms with van der Waals surface area (Å²) >= 11 is 0. The van der Waals surface area contributed by atoms with Crippen LogP contribution in [-0.2, 0) is 29.3 Å². The number of nitrogens with zero attached hydrogens (tertiary/aromatic N) is 2. The van der Waals surface area contributed by atoms with Crippen molar-refractivity contribution in [2.24, 2.45) is 0 Å². The first-order valence-electron chi connectivity index (χ1n) is 8.31. The van der Waals surface area contributed by atoms with Crippen LogP contribution in [0.5, 0.6) is 0 Å². The van der Waals surface area contributed by atoms with E-state index in [4.69, 9.17) is 14.7 Å². The van der Waals surface area contributed by atoms with Gasteiger partial charge in [-0.1, -0.05) is 0 Å². The van der Waals surface area contributed by atoms with Gasteiger partial charge >= 0.3 is 11.9 Å². The van der Waals surface area contributed by atoms with Gasteiger partial charge in [-0.15, -0.1) is 0 Å². The third kappa shape index (κ3) is 3.58. The Kier molecular flexibility index (Phi) is 5.54. The quantitative estimate of drug-likeness (QED) is 0.331. The van der Waals surface area contributed by atoms with Gasteiger partial charge in [0.15, 0.2) is 5.41 Å². The van der Waals surface area contributed by atoms with Crippen molar-refractivity contribution in [1.82, 2.24) is 4.90 Å². The standard InChI is InChI=1S/C19H19FN2O6/c1-18(2,3)28-14(23)10-19(17(26)27-4)13-9-11(20)5-6-12(13)15(24)22(8-7-21)16(19)25/h5-6,9H,8,10H2,1-4H3. The number of halogens is 1. The molecule has 1 heterocycles. The summed E-state index contributed by atoms with van der Waals surface area (Å²) in [7, 11) is 0.997. The fourth-order valence-electron chi connectivity index (χ4n) is 3.06. The molecule has 0 saturated heterocycles. The lowest BCUT2D eigenvalue weighted by molar-refractivity contribution is -0.167. The Labute approximate surface area is 160 Å². The molecule has 1 aromatic rings. The molecule has 0 bridgehead atoms. The molecule has 9 heteroatoms. The normalized spacial score (nSPS) is 18.9. The molecule has 0 aromatic heterocycles. The summed E-state index contributed by atoms with van der Waals surface area (Å²) in [5.41, 5.74) is -3.74. The van der Waals surface area contributed by atoms with Crippen molar-refractivity contribution in [1.29, 1.82) is 5.26 Å². The Balaban J connectivity index is 2.75. The Hall–Kier alpha value is -3.28. The SMILES string of the molecule is COC(=O)C1(CC(=O)OC(C)(C)C)C(=O)N(CC#N)C(=O)c2ccc(F)cc21. The second-order valence-electron chi connectivity index (χ2n) is 7.20. The fraction of sp³-hybridized carbons (Fsp3) is 0.421. The van der Waals surface area contributed by atoms with Gasteiger partial charge in [0.25, 0.3) is 11.8 Å². The second kappa shape index (κ2) is 7.38. The zero-order valence-corrected chi connectivity index (χ0v) is 15.9. The molecular formula is C19H19FN2O6. The highest BCUT2D eigenvalue weighted by molar-refractivity contribution is 6.22. The number of ether oxygens (including phenoxy) is 2. The van der Waals surface area contributed by atoms with Gasteiger partial charge in [-0.05, 0) is 44.5 Å². The highest BCUT2D eigenvalue weighted by atomic mass is 19.1. The van der Waals surface area contributed by atoms with E-state index in [0.29, 0.717) is 4.90 Å². The van der Waals surface area contributed by atoms with Crippen molar-refractivity contribution >= 4 is 23.8 Å². The molecule has 0 radical (unpaired) electrons. The third-order valence-corrected chi connectivity index (χ3v) is 4.12. The largest absolute Gasteiger partial charge is 0.468 e. The number of esters is 2. The summed E-state index contributed by atoms with van der Waals surface area (Å²) in [4.78, 5) is 51.5. The number of hydrogen-bond acceptors (Lipinski definition) is 7. The lowest BCUT2D eigenvalue weighted by atomic mass is 9.71. The number of carbonyl (C=O) groups excluding carboxylic acids is 4. The number of amides is 2. The minimum Gasteiger partial charge on any atom is -0.468 e. The van der Waals surface area contributed by atoms with Crippen molar-refractivity contribution < 1.29 is 33.0 Å². The van der Waals surface area contributed by atoms with Gasteiger partial charge in [0, 0.05) is 5.56 Å². The number of carbonyl (C=O) groups is 4. The van der Waals surface area contributed by atoms with E-state index >= 15 is 0 Å². The summed E-state index contributed by atoms with van der Waals surface area (Å²) < 4.78 is 23.9. The fourth-order valence-corrected chi connectivity index (χ4v) is 3.06. The van der Waals surface area contributed by atoms with Crippen LogP contribution in [0, 0.1) is 17.1 Å². The Morgan fingerprint density at radius 1 is 1.29 bits per heavy atom. The average molecular weight is 390 g/mol. The third-order valence-electron chi connectivity index (χ3n) is 4.12. The second-order valence-corrected chi connectivity index (χ2v) is 7.20. The van der Waals surface area contributed by atoms with Gasteiger partial charge in [-0.25, -0.2) is 4.39 Å². The van der Waals surface area contributed by atoms with E-state index in [9.17, 15) is 23.6 Å². The number of rotatable bonds is 4. The Morgan fingerprint density at radius 3 is 2.46 bits per heavy atom. The summed E-state index contributed by atoms with van der Waals surface area (Å²) in [6.07, 6.45) is -0.818. The first-order chi connectivity index (χ1) is 13.0. The monoisotopic (exact) mass is 390 g/mol. The maximum atomic E-state index is 14.0. The average Bonchev–Trinajstić information content (AvgIpc) is 2.60. The number of imide groups is 1. The molecule has 1 unspecified atom stereocenters. The van der Waals surface area contributed by atoms with Crippen LogP contribution in [0.2, 0.25) is 0 Å². The lowest BCUT2D eigenvalue weighted by Crippen LogP contribution is -2.59. The van der Waals surface area contributed by atoms with Gasteiger partial charge in [-0.3, -0.25) is 24.1 Å². The maximum Gasteiger partial charge on any atom is 0.326 e. The molecule has 1 aliphatic heterocycles. The molecule has 1 atom stereocenters. The van der Waals surface area contributed by atoms with E-state index in [1.807, 2.05) is 0 Å². The summed E-state index contributed by atoms with van der Waals surface area (Å²) in [6.45, 7) is 4.13. The molecule has 0 aliphatic carbocycles. The van der Waals surface area contributed by atoms with Crippen molar-refractivity contribution in [3.8, 4) is 6.07 Å². The zero-order chi connectivity index (χ0) is 21.3. The molecule has 1 aromatic carbocycles. The molecule has 148 valence electrons. The predicted octanol–water partition coefficient (Wildman–Crippen LogP) is 1.47. The van der Waals surface area contributed by atoms with Gasteiger partial charge in [0.05, 0.1) is 19.6 Å². The van der Waals surface area contributed by atoms with Crippen LogP contribution in [0.15, 0.2) is 18.2 Å². The zero-order valence-electron chi connectivity index (χ0n) is 15.9. The molecular weight excluding hydrogens is 371 g/mol. The van der Waals surface area contributed by atoms with Crippen molar-refractivity contribution in [2.75, 3.05) is 13.7 Å². The van der Waals surface area contributed by atoms with Crippen LogP contribution < -0.4 is 0 Å². The summed E-state index contributed by atoms with van der Waals surface area (Å²) in [5, 5.41) is 8.98. The summed E-state index contributed by atoms with van der Waals surface area (Å²) in [6, 6.07) is 4.58. The highest BCUT2D eigenvalue weighted by Crippen LogP contribution is 2.40. The van der Waals surface area contributed by atoms with Gasteiger partial charge in [0.2, 0.25) is 0 Å². The Morgan fingerprint density at radius 2 is 1.93 bits per heavy atom. The minimum atomic E-state index is -2.35. The number of hydrogen-bond donors (Lipinski definition) is 0. The van der Waals surface area contributed by atoms with E-state index in [1.54, 1.807) is 26.8 Å². The molecule has 28 heavy (non-hydrogen) atoms. The van der Waals surface area contributed by atoms with E-state index < -0.39 is 53.6 Å². The summed E-state index contributed by atoms with van der Waals surface area (Å²) in [5.74, 6) is -4.91. The number of benzene rings is 1. The van der Waals surface area contributed by atoms with Crippen molar-refractivity contribution in [3.05, 3.63) is 35.1 Å². The van der Waals surface area contributed by atoms with Crippen LogP contribution in [0.3, 0.4) is 0 Å². The van der Waals surface area contributed by atoms with Crippen LogP contribution in [0.1, 0.15) is 43.1 Å². The number of methoxy groups -OCH3 is 1. The molecule has 2 amide bonds. The molecule has 0 saturated carbocycles. The van der Waals surface area contributed by atoms with Crippen LogP contribution in [0.4, 0.5) is 4.39 Å². The number of fused-ring (bicyclic) bond motifs is 1. The maximum absolute atomic E-state index is 14.0. The van der Waals surface area contributed by atoms with Gasteiger partial charge in [0.1, 0.15) is 18.0 Å². The van der Waals surface area contributed by atoms with E-state index in [2.05, 4.69) is 0 Å². The topological polar surface area (TPSA) is 114 Å². The lowest BCUT2D eigenvalue weighted by Gasteiger charge is -2.38. The van der Waals surface area contributed by atoms with E-state index in [1.165, 1.54) is 0 Å². The molecule has 0 fully saturated rings. The molecule has 8 nitrogen and oxygen atoms in total. The molecule has 1 aliphatic rings. The smallest absolute Gasteiger partial charge is 0.326 e. The van der Waals surface area contributed by atoms with Crippen molar-refractivity contribution in [2.45, 2.75) is 38.2 Å². The van der Waals surface area contributed by atoms with Gasteiger partial charge in [-0.2, -0.15) is 5.26 Å².